The topological polar surface area (TPSA) is 103 Å². The Labute approximate surface area is 176 Å². The number of carboxylic acid groups (broad SMARTS) is 2. The van der Waals surface area contributed by atoms with Gasteiger partial charge in [0.15, 0.2) is 0 Å². The van der Waals surface area contributed by atoms with Gasteiger partial charge in [-0.25, -0.2) is 9.59 Å². The molecular weight excluding hydrogens is 382 g/mol. The average Bonchev–Trinajstić information content (AvgIpc) is 3.22. The molecule has 0 aliphatic carbocycles. The van der Waals surface area contributed by atoms with E-state index in [9.17, 15) is 9.59 Å². The highest BCUT2D eigenvalue weighted by atomic mass is 16.4. The molecule has 0 bridgehead atoms. The second kappa shape index (κ2) is 9.09. The number of fused-ring (bicyclic) bond motifs is 1. The molecule has 4 rings (SSSR count). The first-order valence-electron chi connectivity index (χ1n) is 9.94. The van der Waals surface area contributed by atoms with Crippen LogP contribution in [0.4, 0.5) is 5.69 Å². The maximum Gasteiger partial charge on any atom is 0.328 e. The zero-order valence-corrected chi connectivity index (χ0v) is 17.2. The van der Waals surface area contributed by atoms with Crippen molar-refractivity contribution < 1.29 is 19.8 Å². The van der Waals surface area contributed by atoms with Gasteiger partial charge in [0.25, 0.3) is 0 Å². The number of carbonyl (C=O) groups is 2. The lowest BCUT2D eigenvalue weighted by molar-refractivity contribution is -0.134. The van der Waals surface area contributed by atoms with Gasteiger partial charge in [0.2, 0.25) is 0 Å². The van der Waals surface area contributed by atoms with E-state index in [1.165, 1.54) is 29.8 Å². The van der Waals surface area contributed by atoms with E-state index in [0.717, 1.165) is 24.7 Å². The van der Waals surface area contributed by atoms with Crippen molar-refractivity contribution >= 4 is 17.6 Å². The molecule has 1 aromatic carbocycles. The van der Waals surface area contributed by atoms with Crippen LogP contribution < -0.4 is 10.2 Å². The smallest absolute Gasteiger partial charge is 0.328 e. The highest BCUT2D eigenvalue weighted by Crippen LogP contribution is 2.36. The highest BCUT2D eigenvalue weighted by molar-refractivity contribution is 5.89. The Hall–Kier alpha value is -3.19. The van der Waals surface area contributed by atoms with E-state index < -0.39 is 11.9 Å². The van der Waals surface area contributed by atoms with E-state index in [4.69, 9.17) is 10.2 Å². The number of hydrogen-bond donors (Lipinski definition) is 3. The summed E-state index contributed by atoms with van der Waals surface area (Å²) in [5, 5.41) is 19.3. The van der Waals surface area contributed by atoms with Crippen molar-refractivity contribution in [2.75, 3.05) is 24.5 Å². The second-order valence-corrected chi connectivity index (χ2v) is 7.99. The van der Waals surface area contributed by atoms with Gasteiger partial charge in [-0.15, -0.1) is 0 Å². The minimum atomic E-state index is -1.26. The summed E-state index contributed by atoms with van der Waals surface area (Å²) < 4.78 is 0. The maximum absolute atomic E-state index is 9.55. The molecule has 7 heteroatoms. The summed E-state index contributed by atoms with van der Waals surface area (Å²) in [5.41, 5.74) is 5.05. The van der Waals surface area contributed by atoms with Crippen LogP contribution >= 0.6 is 0 Å². The van der Waals surface area contributed by atoms with Crippen LogP contribution in [0.15, 0.2) is 54.7 Å². The normalized spacial score (nSPS) is 22.5. The van der Waals surface area contributed by atoms with Crippen molar-refractivity contribution in [3.05, 3.63) is 60.3 Å². The molecule has 0 saturated carbocycles. The Kier molecular flexibility index (Phi) is 6.52. The van der Waals surface area contributed by atoms with Crippen molar-refractivity contribution in [1.82, 2.24) is 10.3 Å². The van der Waals surface area contributed by atoms with Gasteiger partial charge in [-0.2, -0.15) is 0 Å². The summed E-state index contributed by atoms with van der Waals surface area (Å²) in [4.78, 5) is 26.3. The van der Waals surface area contributed by atoms with E-state index >= 15 is 0 Å². The lowest BCUT2D eigenvalue weighted by Crippen LogP contribution is -2.43. The third kappa shape index (κ3) is 5.24. The maximum atomic E-state index is 9.55. The molecule has 3 heterocycles. The third-order valence-corrected chi connectivity index (χ3v) is 5.68. The summed E-state index contributed by atoms with van der Waals surface area (Å²) in [6, 6.07) is 12.9. The monoisotopic (exact) mass is 409 g/mol. The number of aliphatic carboxylic acids is 2. The van der Waals surface area contributed by atoms with E-state index in [0.29, 0.717) is 12.2 Å². The van der Waals surface area contributed by atoms with Gasteiger partial charge in [-0.05, 0) is 50.9 Å². The number of carboxylic acids is 2. The van der Waals surface area contributed by atoms with Gasteiger partial charge in [0.05, 0.1) is 17.6 Å². The van der Waals surface area contributed by atoms with Crippen LogP contribution in [-0.2, 0) is 9.59 Å². The van der Waals surface area contributed by atoms with Gasteiger partial charge < -0.3 is 20.4 Å². The summed E-state index contributed by atoms with van der Waals surface area (Å²) in [7, 11) is 0. The third-order valence-electron chi connectivity index (χ3n) is 5.68. The van der Waals surface area contributed by atoms with E-state index in [1.54, 1.807) is 0 Å². The Bertz CT molecular complexity index is 926. The van der Waals surface area contributed by atoms with E-state index in [2.05, 4.69) is 65.4 Å². The number of benzene rings is 1. The number of pyridine rings is 1. The predicted octanol–water partition coefficient (Wildman–Crippen LogP) is 2.96. The Morgan fingerprint density at radius 1 is 1.20 bits per heavy atom. The summed E-state index contributed by atoms with van der Waals surface area (Å²) in [6.45, 7) is 7.88. The molecule has 2 atom stereocenters. The second-order valence-electron chi connectivity index (χ2n) is 7.99. The Morgan fingerprint density at radius 3 is 2.50 bits per heavy atom. The molecule has 0 radical (unpaired) electrons. The lowest BCUT2D eigenvalue weighted by Gasteiger charge is -2.24. The van der Waals surface area contributed by atoms with Crippen LogP contribution in [0.2, 0.25) is 0 Å². The zero-order chi connectivity index (χ0) is 21.7. The number of aryl methyl sites for hydroxylation is 1. The number of nitrogens with zero attached hydrogens (tertiary/aromatic N) is 2. The Balaban J connectivity index is 0.000000275. The standard InChI is InChI=1S/C19H23N3.C4H4O4/c1-14-4-3-5-15(10-14)18-7-6-17(11-20-18)22-12-16-8-9-21-19(16,2)13-22;5-3(6)1-2-4(7)8/h3-7,10-11,16,21H,8-9,12-13H2,1-2H3;1-2H,(H,5,6)(H,7,8)/b;2-1+. The molecule has 30 heavy (non-hydrogen) atoms. The summed E-state index contributed by atoms with van der Waals surface area (Å²) >= 11 is 0. The number of aromatic nitrogens is 1. The summed E-state index contributed by atoms with van der Waals surface area (Å²) in [6.07, 6.45) is 4.44. The molecule has 7 nitrogen and oxygen atoms in total. The van der Waals surface area contributed by atoms with E-state index in [-0.39, 0.29) is 5.54 Å². The molecular formula is C23H27N3O4. The largest absolute Gasteiger partial charge is 0.478 e. The van der Waals surface area contributed by atoms with Gasteiger partial charge in [-0.1, -0.05) is 23.8 Å². The van der Waals surface area contributed by atoms with Crippen LogP contribution in [0, 0.1) is 12.8 Å². The van der Waals surface area contributed by atoms with Crippen LogP contribution in [0.3, 0.4) is 0 Å². The van der Waals surface area contributed by atoms with Gasteiger partial charge in [0.1, 0.15) is 0 Å². The van der Waals surface area contributed by atoms with Crippen LogP contribution in [0.1, 0.15) is 18.9 Å². The van der Waals surface area contributed by atoms with Gasteiger partial charge >= 0.3 is 11.9 Å². The van der Waals surface area contributed by atoms with Gasteiger partial charge in [-0.3, -0.25) is 4.98 Å². The molecule has 2 saturated heterocycles. The molecule has 2 aliphatic rings. The molecule has 0 amide bonds. The number of anilines is 1. The molecule has 158 valence electrons. The fourth-order valence-electron chi connectivity index (χ4n) is 4.09. The van der Waals surface area contributed by atoms with Crippen LogP contribution in [0.5, 0.6) is 0 Å². The molecule has 2 aliphatic heterocycles. The zero-order valence-electron chi connectivity index (χ0n) is 17.2. The van der Waals surface area contributed by atoms with Gasteiger partial charge in [0, 0.05) is 36.3 Å². The van der Waals surface area contributed by atoms with Crippen molar-refractivity contribution in [2.24, 2.45) is 5.92 Å². The van der Waals surface area contributed by atoms with Crippen LogP contribution in [0.25, 0.3) is 11.3 Å². The molecule has 2 aromatic rings. The van der Waals surface area contributed by atoms with Crippen molar-refractivity contribution in [2.45, 2.75) is 25.8 Å². The molecule has 2 fully saturated rings. The lowest BCUT2D eigenvalue weighted by atomic mass is 9.91. The molecule has 0 spiro atoms. The van der Waals surface area contributed by atoms with E-state index in [1.807, 2.05) is 6.20 Å². The first kappa shape index (κ1) is 21.5. The van der Waals surface area contributed by atoms with Crippen molar-refractivity contribution in [3.63, 3.8) is 0 Å². The highest BCUT2D eigenvalue weighted by Gasteiger charge is 2.45. The minimum Gasteiger partial charge on any atom is -0.478 e. The van der Waals surface area contributed by atoms with Crippen molar-refractivity contribution in [1.29, 1.82) is 0 Å². The van der Waals surface area contributed by atoms with Crippen molar-refractivity contribution in [3.8, 4) is 11.3 Å². The number of rotatable bonds is 4. The SMILES string of the molecule is Cc1cccc(-c2ccc(N3CC4CCNC4(C)C3)cn2)c1.O=C(O)/C=C/C(=O)O. The molecule has 2 unspecified atom stereocenters. The minimum absolute atomic E-state index is 0.287. The fraction of sp³-hybridized carbons (Fsp3) is 0.348. The molecule has 1 aromatic heterocycles. The molecule has 3 N–H and O–H groups in total. The fourth-order valence-corrected chi connectivity index (χ4v) is 4.09. The quantitative estimate of drug-likeness (QED) is 0.667. The average molecular weight is 409 g/mol. The summed E-state index contributed by atoms with van der Waals surface area (Å²) in [5.74, 6) is -1.75. The first-order valence-corrected chi connectivity index (χ1v) is 9.94. The predicted molar refractivity (Wildman–Crippen MR) is 116 cm³/mol. The number of hydrogen-bond acceptors (Lipinski definition) is 5. The Morgan fingerprint density at radius 2 is 1.93 bits per heavy atom. The first-order chi connectivity index (χ1) is 14.3. The number of nitrogens with one attached hydrogen (secondary N) is 1. The van der Waals surface area contributed by atoms with Crippen LogP contribution in [-0.4, -0.2) is 52.3 Å².